The van der Waals surface area contributed by atoms with E-state index in [2.05, 4.69) is 34.3 Å². The number of aryl methyl sites for hydroxylation is 1. The summed E-state index contributed by atoms with van der Waals surface area (Å²) in [4.78, 5) is 13.9. The number of rotatable bonds is 8. The Hall–Kier alpha value is -2.44. The van der Waals surface area contributed by atoms with Crippen LogP contribution in [0.25, 0.3) is 0 Å². The van der Waals surface area contributed by atoms with E-state index in [1.165, 1.54) is 0 Å². The van der Waals surface area contributed by atoms with Crippen molar-refractivity contribution >= 4 is 11.9 Å². The summed E-state index contributed by atoms with van der Waals surface area (Å²) in [6.07, 6.45) is 0.956. The van der Waals surface area contributed by atoms with Crippen LogP contribution in [0.5, 0.6) is 5.75 Å². The number of carbonyl (C=O) groups excluding carboxylic acids is 1. The minimum atomic E-state index is -0.247. The van der Waals surface area contributed by atoms with Gasteiger partial charge in [-0.25, -0.2) is 4.68 Å². The van der Waals surface area contributed by atoms with Gasteiger partial charge in [0.2, 0.25) is 5.95 Å². The molecule has 2 rings (SSSR count). The number of hydrogen-bond acceptors (Lipinski definition) is 6. The summed E-state index contributed by atoms with van der Waals surface area (Å²) >= 11 is 0. The number of para-hydroxylation sites is 1. The lowest BCUT2D eigenvalue weighted by atomic mass is 10.3. The van der Waals surface area contributed by atoms with Gasteiger partial charge in [-0.2, -0.15) is 0 Å². The molecule has 0 aliphatic rings. The van der Waals surface area contributed by atoms with Gasteiger partial charge in [0.15, 0.2) is 0 Å². The Morgan fingerprint density at radius 1 is 1.23 bits per heavy atom. The van der Waals surface area contributed by atoms with Crippen LogP contribution < -0.4 is 9.64 Å². The summed E-state index contributed by atoms with van der Waals surface area (Å²) in [6, 6.07) is 9.07. The topological polar surface area (TPSA) is 73.1 Å². The lowest BCUT2D eigenvalue weighted by Gasteiger charge is -2.18. The first-order valence-corrected chi connectivity index (χ1v) is 7.51. The summed E-state index contributed by atoms with van der Waals surface area (Å²) in [7, 11) is 0. The molecule has 0 aliphatic heterocycles. The zero-order chi connectivity index (χ0) is 15.8. The van der Waals surface area contributed by atoms with E-state index in [-0.39, 0.29) is 5.97 Å². The third-order valence-corrected chi connectivity index (χ3v) is 3.28. The van der Waals surface area contributed by atoms with E-state index in [1.807, 2.05) is 18.2 Å². The van der Waals surface area contributed by atoms with E-state index in [0.717, 1.165) is 19.0 Å². The fourth-order valence-corrected chi connectivity index (χ4v) is 2.12. The number of benzene rings is 1. The third kappa shape index (κ3) is 4.28. The van der Waals surface area contributed by atoms with Gasteiger partial charge in [-0.1, -0.05) is 23.3 Å². The number of nitrogens with zero attached hydrogens (tertiary/aromatic N) is 5. The molecule has 0 N–H and O–H groups in total. The standard InChI is InChI=1S/C15H21N5O2/c1-3-19(4-2)15-16-17-18-20(15)12-8-11-14(21)22-13-9-6-5-7-10-13/h5-7,9-10H,3-4,8,11-12H2,1-2H3. The minimum absolute atomic E-state index is 0.247. The van der Waals surface area contributed by atoms with E-state index < -0.39 is 0 Å². The van der Waals surface area contributed by atoms with Gasteiger partial charge in [0.1, 0.15) is 5.75 Å². The molecule has 0 amide bonds. The molecule has 1 aromatic heterocycles. The summed E-state index contributed by atoms with van der Waals surface area (Å²) < 4.78 is 6.97. The number of tetrazole rings is 1. The molecule has 1 heterocycles. The average molecular weight is 303 g/mol. The molecule has 7 nitrogen and oxygen atoms in total. The Morgan fingerprint density at radius 2 is 1.95 bits per heavy atom. The Labute approximate surface area is 129 Å². The minimum Gasteiger partial charge on any atom is -0.427 e. The second-order valence-electron chi connectivity index (χ2n) is 4.76. The summed E-state index contributed by atoms with van der Waals surface area (Å²) in [5.74, 6) is 1.06. The van der Waals surface area contributed by atoms with Crippen LogP contribution in [0.15, 0.2) is 30.3 Å². The van der Waals surface area contributed by atoms with Crippen molar-refractivity contribution in [3.8, 4) is 5.75 Å². The maximum atomic E-state index is 11.8. The van der Waals surface area contributed by atoms with Crippen LogP contribution in [0.1, 0.15) is 26.7 Å². The molecule has 0 saturated heterocycles. The van der Waals surface area contributed by atoms with Gasteiger partial charge in [0.05, 0.1) is 0 Å². The first-order chi connectivity index (χ1) is 10.7. The Bertz CT molecular complexity index is 581. The molecule has 2 aromatic rings. The van der Waals surface area contributed by atoms with Crippen LogP contribution in [0.2, 0.25) is 0 Å². The van der Waals surface area contributed by atoms with Crippen LogP contribution >= 0.6 is 0 Å². The van der Waals surface area contributed by atoms with Crippen LogP contribution in [0, 0.1) is 0 Å². The molecule has 22 heavy (non-hydrogen) atoms. The van der Waals surface area contributed by atoms with E-state index in [9.17, 15) is 4.79 Å². The second kappa shape index (κ2) is 8.11. The van der Waals surface area contributed by atoms with Gasteiger partial charge in [-0.15, -0.1) is 0 Å². The number of anilines is 1. The molecule has 0 fully saturated rings. The highest BCUT2D eigenvalue weighted by atomic mass is 16.5. The fraction of sp³-hybridized carbons (Fsp3) is 0.467. The largest absolute Gasteiger partial charge is 0.427 e. The zero-order valence-corrected chi connectivity index (χ0v) is 13.0. The van der Waals surface area contributed by atoms with Crippen molar-refractivity contribution in [2.45, 2.75) is 33.2 Å². The average Bonchev–Trinajstić information content (AvgIpc) is 2.98. The molecule has 0 aliphatic carbocycles. The predicted octanol–water partition coefficient (Wildman–Crippen LogP) is 1.91. The first kappa shape index (κ1) is 15.9. The number of aromatic nitrogens is 4. The fourth-order valence-electron chi connectivity index (χ4n) is 2.12. The van der Waals surface area contributed by atoms with Crippen molar-refractivity contribution in [3.63, 3.8) is 0 Å². The van der Waals surface area contributed by atoms with E-state index in [4.69, 9.17) is 4.74 Å². The number of esters is 1. The number of hydrogen-bond donors (Lipinski definition) is 0. The molecule has 1 aromatic carbocycles. The smallest absolute Gasteiger partial charge is 0.311 e. The summed E-state index contributed by atoms with van der Waals surface area (Å²) in [5, 5.41) is 11.7. The Morgan fingerprint density at radius 3 is 2.64 bits per heavy atom. The van der Waals surface area contributed by atoms with E-state index >= 15 is 0 Å². The SMILES string of the molecule is CCN(CC)c1nnnn1CCCC(=O)Oc1ccccc1. The van der Waals surface area contributed by atoms with E-state index in [0.29, 0.717) is 25.1 Å². The van der Waals surface area contributed by atoms with Crippen LogP contribution in [-0.2, 0) is 11.3 Å². The molecular weight excluding hydrogens is 282 g/mol. The lowest BCUT2D eigenvalue weighted by Crippen LogP contribution is -2.26. The highest BCUT2D eigenvalue weighted by molar-refractivity contribution is 5.72. The second-order valence-corrected chi connectivity index (χ2v) is 4.76. The van der Waals surface area contributed by atoms with Gasteiger partial charge in [-0.3, -0.25) is 4.79 Å². The van der Waals surface area contributed by atoms with Crippen molar-refractivity contribution in [1.29, 1.82) is 0 Å². The molecule has 118 valence electrons. The molecule has 0 radical (unpaired) electrons. The first-order valence-electron chi connectivity index (χ1n) is 7.51. The molecule has 0 spiro atoms. The summed E-state index contributed by atoms with van der Waals surface area (Å²) in [5.41, 5.74) is 0. The molecule has 0 unspecified atom stereocenters. The highest BCUT2D eigenvalue weighted by Crippen LogP contribution is 2.11. The normalized spacial score (nSPS) is 10.5. The van der Waals surface area contributed by atoms with Crippen LogP contribution in [-0.4, -0.2) is 39.3 Å². The van der Waals surface area contributed by atoms with Gasteiger partial charge in [0, 0.05) is 26.1 Å². The van der Waals surface area contributed by atoms with Crippen molar-refractivity contribution in [1.82, 2.24) is 20.2 Å². The molecular formula is C15H21N5O2. The Kier molecular flexibility index (Phi) is 5.88. The van der Waals surface area contributed by atoms with Crippen molar-refractivity contribution in [3.05, 3.63) is 30.3 Å². The third-order valence-electron chi connectivity index (χ3n) is 3.28. The molecule has 0 atom stereocenters. The molecule has 0 saturated carbocycles. The zero-order valence-electron chi connectivity index (χ0n) is 13.0. The number of ether oxygens (including phenoxy) is 1. The van der Waals surface area contributed by atoms with Gasteiger partial charge in [-0.05, 0) is 42.8 Å². The highest BCUT2D eigenvalue weighted by Gasteiger charge is 2.12. The molecule has 0 bridgehead atoms. The van der Waals surface area contributed by atoms with Crippen molar-refractivity contribution in [2.75, 3.05) is 18.0 Å². The van der Waals surface area contributed by atoms with Gasteiger partial charge < -0.3 is 9.64 Å². The monoisotopic (exact) mass is 303 g/mol. The predicted molar refractivity (Wildman–Crippen MR) is 82.7 cm³/mol. The van der Waals surface area contributed by atoms with Crippen LogP contribution in [0.3, 0.4) is 0 Å². The van der Waals surface area contributed by atoms with Crippen LogP contribution in [0.4, 0.5) is 5.95 Å². The Balaban J connectivity index is 1.81. The lowest BCUT2D eigenvalue weighted by molar-refractivity contribution is -0.134. The summed E-state index contributed by atoms with van der Waals surface area (Å²) in [6.45, 7) is 6.38. The van der Waals surface area contributed by atoms with Crippen molar-refractivity contribution < 1.29 is 9.53 Å². The maximum absolute atomic E-state index is 11.8. The maximum Gasteiger partial charge on any atom is 0.311 e. The van der Waals surface area contributed by atoms with Gasteiger partial charge >= 0.3 is 5.97 Å². The van der Waals surface area contributed by atoms with Gasteiger partial charge in [0.25, 0.3) is 0 Å². The molecule has 7 heteroatoms. The van der Waals surface area contributed by atoms with Crippen molar-refractivity contribution in [2.24, 2.45) is 0 Å². The van der Waals surface area contributed by atoms with E-state index in [1.54, 1.807) is 16.8 Å². The quantitative estimate of drug-likeness (QED) is 0.548. The number of carbonyl (C=O) groups is 1.